The highest BCUT2D eigenvalue weighted by molar-refractivity contribution is 4.73. The third-order valence-corrected chi connectivity index (χ3v) is 2.33. The number of methoxy groups -OCH3 is 1. The molecule has 0 bridgehead atoms. The van der Waals surface area contributed by atoms with Gasteiger partial charge in [-0.25, -0.2) is 0 Å². The van der Waals surface area contributed by atoms with E-state index in [0.717, 1.165) is 0 Å². The first-order valence-corrected chi connectivity index (χ1v) is 5.31. The molecule has 2 N–H and O–H groups in total. The van der Waals surface area contributed by atoms with Crippen LogP contribution in [0, 0.1) is 0 Å². The number of ether oxygens (including phenoxy) is 1. The van der Waals surface area contributed by atoms with Crippen molar-refractivity contribution in [1.29, 1.82) is 0 Å². The van der Waals surface area contributed by atoms with Crippen molar-refractivity contribution in [2.75, 3.05) is 14.2 Å². The summed E-state index contributed by atoms with van der Waals surface area (Å²) in [5.74, 6) is 0. The first-order valence-electron chi connectivity index (χ1n) is 5.31. The Bertz CT molecular complexity index is 96.1. The Balaban J connectivity index is 0. The molecule has 13 heavy (non-hydrogen) atoms. The number of nitrogens with two attached hydrogens (primary N) is 1. The molecule has 0 rings (SSSR count). The number of unbranched alkanes of at least 4 members (excludes halogenated alkanes) is 1. The van der Waals surface area contributed by atoms with Crippen molar-refractivity contribution in [2.24, 2.45) is 5.73 Å². The predicted octanol–water partition coefficient (Wildman–Crippen LogP) is 2.96. The Morgan fingerprint density at radius 2 is 1.62 bits per heavy atom. The molecule has 0 aromatic rings. The van der Waals surface area contributed by atoms with E-state index in [4.69, 9.17) is 4.74 Å². The summed E-state index contributed by atoms with van der Waals surface area (Å²) < 4.78 is 5.48. The third kappa shape index (κ3) is 8.26. The number of hydrogen-bond acceptors (Lipinski definition) is 2. The van der Waals surface area contributed by atoms with Gasteiger partial charge >= 0.3 is 0 Å². The minimum atomic E-state index is 0.144. The van der Waals surface area contributed by atoms with Crippen molar-refractivity contribution in [2.45, 2.75) is 58.5 Å². The summed E-state index contributed by atoms with van der Waals surface area (Å²) in [5, 5.41) is 0. The minimum absolute atomic E-state index is 0.144. The van der Waals surface area contributed by atoms with Crippen LogP contribution in [0.5, 0.6) is 0 Å². The molecule has 0 aliphatic heterocycles. The van der Waals surface area contributed by atoms with Crippen LogP contribution < -0.4 is 5.73 Å². The average Bonchev–Trinajstić information content (AvgIpc) is 2.18. The molecule has 0 amide bonds. The molecule has 2 heteroatoms. The van der Waals surface area contributed by atoms with Crippen molar-refractivity contribution in [1.82, 2.24) is 0 Å². The topological polar surface area (TPSA) is 35.2 Å². The van der Waals surface area contributed by atoms with Crippen LogP contribution in [0.3, 0.4) is 0 Å². The minimum Gasteiger partial charge on any atom is -0.379 e. The average molecular weight is 189 g/mol. The highest BCUT2D eigenvalue weighted by atomic mass is 16.5. The molecule has 0 aliphatic carbocycles. The molecule has 0 heterocycles. The van der Waals surface area contributed by atoms with Gasteiger partial charge in [-0.2, -0.15) is 0 Å². The first-order chi connectivity index (χ1) is 6.18. The van der Waals surface area contributed by atoms with Crippen LogP contribution in [0.1, 0.15) is 52.9 Å². The van der Waals surface area contributed by atoms with Crippen LogP contribution in [-0.2, 0) is 4.74 Å². The molecule has 1 unspecified atom stereocenters. The molecule has 2 nitrogen and oxygen atoms in total. The Morgan fingerprint density at radius 1 is 1.08 bits per heavy atom. The number of hydrogen-bond donors (Lipinski definition) is 1. The Labute approximate surface area is 83.8 Å². The second-order valence-electron chi connectivity index (χ2n) is 3.51. The van der Waals surface area contributed by atoms with Gasteiger partial charge in [-0.1, -0.05) is 33.1 Å². The van der Waals surface area contributed by atoms with Crippen LogP contribution in [0.15, 0.2) is 0 Å². The molecule has 0 radical (unpaired) electrons. The molecule has 0 saturated carbocycles. The molecule has 0 aliphatic rings. The Hall–Kier alpha value is -0.0800. The maximum atomic E-state index is 5.48. The fraction of sp³-hybridized carbons (Fsp3) is 1.00. The molecule has 0 saturated heterocycles. The maximum Gasteiger partial charge on any atom is 0.0650 e. The van der Waals surface area contributed by atoms with Crippen molar-refractivity contribution in [3.8, 4) is 0 Å². The fourth-order valence-electron chi connectivity index (χ4n) is 1.41. The van der Waals surface area contributed by atoms with E-state index >= 15 is 0 Å². The van der Waals surface area contributed by atoms with Gasteiger partial charge in [0.05, 0.1) is 5.60 Å². The van der Waals surface area contributed by atoms with Gasteiger partial charge in [0.2, 0.25) is 0 Å². The van der Waals surface area contributed by atoms with Gasteiger partial charge in [-0.3, -0.25) is 0 Å². The van der Waals surface area contributed by atoms with E-state index in [1.54, 1.807) is 0 Å². The monoisotopic (exact) mass is 189 g/mol. The Kier molecular flexibility index (Phi) is 11.8. The highest BCUT2D eigenvalue weighted by Gasteiger charge is 2.20. The summed E-state index contributed by atoms with van der Waals surface area (Å²) >= 11 is 0. The molecule has 0 spiro atoms. The Morgan fingerprint density at radius 3 is 1.92 bits per heavy atom. The van der Waals surface area contributed by atoms with E-state index in [0.29, 0.717) is 0 Å². The lowest BCUT2D eigenvalue weighted by Gasteiger charge is -2.27. The van der Waals surface area contributed by atoms with Gasteiger partial charge in [0.1, 0.15) is 0 Å². The lowest BCUT2D eigenvalue weighted by atomic mass is 9.94. The van der Waals surface area contributed by atoms with Gasteiger partial charge < -0.3 is 10.5 Å². The summed E-state index contributed by atoms with van der Waals surface area (Å²) in [6.45, 7) is 6.65. The normalized spacial score (nSPS) is 14.3. The molecule has 82 valence electrons. The largest absolute Gasteiger partial charge is 0.379 e. The van der Waals surface area contributed by atoms with Crippen molar-refractivity contribution in [3.63, 3.8) is 0 Å². The smallest absolute Gasteiger partial charge is 0.0650 e. The van der Waals surface area contributed by atoms with Crippen molar-refractivity contribution < 1.29 is 4.74 Å². The summed E-state index contributed by atoms with van der Waals surface area (Å²) in [4.78, 5) is 0. The summed E-state index contributed by atoms with van der Waals surface area (Å²) in [6.07, 6.45) is 6.15. The fourth-order valence-corrected chi connectivity index (χ4v) is 1.41. The van der Waals surface area contributed by atoms with Gasteiger partial charge in [-0.05, 0) is 26.8 Å². The van der Waals surface area contributed by atoms with Gasteiger partial charge in [0, 0.05) is 7.11 Å². The molecule has 1 atom stereocenters. The second kappa shape index (κ2) is 10.0. The van der Waals surface area contributed by atoms with Crippen molar-refractivity contribution in [3.05, 3.63) is 0 Å². The van der Waals surface area contributed by atoms with Crippen LogP contribution in [0.4, 0.5) is 0 Å². The highest BCUT2D eigenvalue weighted by Crippen LogP contribution is 2.23. The lowest BCUT2D eigenvalue weighted by Crippen LogP contribution is -2.26. The van der Waals surface area contributed by atoms with Crippen molar-refractivity contribution >= 4 is 0 Å². The maximum absolute atomic E-state index is 5.48. The summed E-state index contributed by atoms with van der Waals surface area (Å²) in [7, 11) is 3.32. The molecular formula is C11H27NO. The first kappa shape index (κ1) is 15.4. The van der Waals surface area contributed by atoms with E-state index in [1.165, 1.54) is 39.2 Å². The van der Waals surface area contributed by atoms with Crippen LogP contribution in [-0.4, -0.2) is 19.8 Å². The zero-order valence-electron chi connectivity index (χ0n) is 10.0. The predicted molar refractivity (Wildman–Crippen MR) is 60.0 cm³/mol. The molecule has 0 fully saturated rings. The number of rotatable bonds is 6. The van der Waals surface area contributed by atoms with Gasteiger partial charge in [-0.15, -0.1) is 0 Å². The van der Waals surface area contributed by atoms with Crippen LogP contribution >= 0.6 is 0 Å². The van der Waals surface area contributed by atoms with E-state index in [9.17, 15) is 0 Å². The molecule has 0 aromatic heterocycles. The van der Waals surface area contributed by atoms with E-state index in [1.807, 2.05) is 7.11 Å². The zero-order valence-corrected chi connectivity index (χ0v) is 10.0. The van der Waals surface area contributed by atoms with Crippen LogP contribution in [0.2, 0.25) is 0 Å². The SMILES string of the molecule is CCCCC(C)(CCC)OC.CN. The van der Waals surface area contributed by atoms with Gasteiger partial charge in [0.25, 0.3) is 0 Å². The summed E-state index contributed by atoms with van der Waals surface area (Å²) in [6, 6.07) is 0. The van der Waals surface area contributed by atoms with Gasteiger partial charge in [0.15, 0.2) is 0 Å². The standard InChI is InChI=1S/C10H22O.CH5N/c1-5-7-9-10(3,11-4)8-6-2;1-2/h5-9H2,1-4H3;2H2,1H3. The second-order valence-corrected chi connectivity index (χ2v) is 3.51. The van der Waals surface area contributed by atoms with Crippen LogP contribution in [0.25, 0.3) is 0 Å². The molecular weight excluding hydrogens is 162 g/mol. The quantitative estimate of drug-likeness (QED) is 0.697. The zero-order chi connectivity index (χ0) is 10.7. The van der Waals surface area contributed by atoms with E-state index in [-0.39, 0.29) is 5.60 Å². The van der Waals surface area contributed by atoms with E-state index < -0.39 is 0 Å². The third-order valence-electron chi connectivity index (χ3n) is 2.33. The molecule has 0 aromatic carbocycles. The lowest BCUT2D eigenvalue weighted by molar-refractivity contribution is -0.0103. The van der Waals surface area contributed by atoms with E-state index in [2.05, 4.69) is 26.5 Å². The summed E-state index contributed by atoms with van der Waals surface area (Å²) in [5.41, 5.74) is 4.64.